The molecule has 10 rings (SSSR count). The summed E-state index contributed by atoms with van der Waals surface area (Å²) in [6, 6.07) is -4.95. The number of ether oxygens (including phenoxy) is 16. The van der Waals surface area contributed by atoms with Crippen molar-refractivity contribution in [1.82, 2.24) is 10.2 Å². The number of fused-ring (bicyclic) bond motifs is 2. The number of rotatable bonds is 35. The van der Waals surface area contributed by atoms with Gasteiger partial charge in [0.25, 0.3) is 15.6 Å². The molecule has 10 aliphatic heterocycles. The van der Waals surface area contributed by atoms with Crippen molar-refractivity contribution in [2.24, 2.45) is 10.8 Å². The van der Waals surface area contributed by atoms with Crippen LogP contribution in [0.15, 0.2) is 5.11 Å². The van der Waals surface area contributed by atoms with Crippen molar-refractivity contribution in [3.8, 4) is 0 Å². The van der Waals surface area contributed by atoms with Crippen LogP contribution >= 0.6 is 31.1 Å². The van der Waals surface area contributed by atoms with E-state index >= 15 is 0 Å². The third-order valence-electron chi connectivity index (χ3n) is 18.8. The summed E-state index contributed by atoms with van der Waals surface area (Å²) >= 11 is 0. The lowest BCUT2D eigenvalue weighted by Gasteiger charge is -2.43. The molecule has 39 nitrogen and oxygen atoms in total. The van der Waals surface area contributed by atoms with E-state index < -0.39 is 139 Å². The average molecular weight is 1750 g/mol. The standard InChI is InChI=1S/C17H30B2N3O8P.C17H32B2NO8P.C9H17BNO5P.C8H15BNO5P.2C8H15BO3.H2O/c1-10(2)25-9-17(8-21-22-20)14(6-16(19)29-17)30-31(23,24)26-7-13-12(27-11(3)4)5-15(18)28-13;1-10(2)23-9-17(8-20)14(6-16(19)27-17)28-29(21,22)24-7-13-12(25-11(3)4)5-15(18)26-13;1-6(2)14-5-9-4-11-17(12,13)16-7(9)3-8(10)15-9;1-4(2)13-3-5-7-6(8(9)14-5)10-16(11,12)15-7;2*1-5(2)11-6-3-8(9)12-7(6)4-10;/h10-16H,5-9H2,1-4H3,(H,23,24);10-16H,5-9,20H2,1-4H3,(H,21,22);6-8H,3-5H2,1-2H3,(H2,11,12,13);4-8H,3H2,1-2H3,(H2,10,11,12);2*5-8,10H,3-4H2,1-2H3;1H2/p-4/t2*12-,13-,14-,15-,16-,17-;7-,8-,9-;5-,6?,7+,8-;2*6-,7-,8-;/m111111./s1. The maximum absolute atomic E-state index is 12.6. The van der Waals surface area contributed by atoms with Crippen molar-refractivity contribution >= 4 is 93.9 Å². The third-order valence-corrected chi connectivity index (χ3v) is 22.9. The Hall–Kier alpha value is -0.531. The molecule has 0 aromatic rings. The van der Waals surface area contributed by atoms with Gasteiger partial charge < -0.3 is 144 Å². The van der Waals surface area contributed by atoms with Crippen LogP contribution in [0, 0.1) is 0 Å². The average Bonchev–Trinajstić information content (AvgIpc) is 1.69. The molecule has 0 amide bonds. The van der Waals surface area contributed by atoms with Crippen molar-refractivity contribution in [1.29, 1.82) is 0 Å². The summed E-state index contributed by atoms with van der Waals surface area (Å²) in [4.78, 5) is 50.3. The van der Waals surface area contributed by atoms with Gasteiger partial charge >= 0.3 is 0 Å². The highest BCUT2D eigenvalue weighted by Crippen LogP contribution is 2.51. The van der Waals surface area contributed by atoms with E-state index in [0.717, 1.165) is 0 Å². The molecule has 0 aromatic heterocycles. The zero-order valence-corrected chi connectivity index (χ0v) is 74.1. The van der Waals surface area contributed by atoms with Gasteiger partial charge in [-0.05, 0) is 161 Å². The first-order chi connectivity index (χ1) is 54.4. The van der Waals surface area contributed by atoms with Crippen LogP contribution in [0.3, 0.4) is 0 Å². The Kier molecular flexibility index (Phi) is 46.9. The number of phosphoric acid groups is 2. The topological polar surface area (TPSA) is 534 Å². The SMILES string of the molecule is O.[B][C@@H]1O[C@H](COC(C)C)[C@@H]2OP(=O)([O-])NC12.[B][C@H]1C[C@@H](OC(C)C)[C@@H](CO)O1.[B][C@H]1C[C@@H](OC(C)C)[C@@H](CO)O1.[B][C@H]1C[C@@H](OC(C)C)[C@@H](COP(=O)([O-])O[C@@H]2C[C@H]([B])O[C@]2(CN)COC(C)C)O1.[B][C@H]1C[C@@H](OC(C)C)[C@@H](COP(=O)([O-])O[C@@H]2C[C@H]([B])O[C@]2(CN=[N+]=[N-])COC(C)C)O1.[B][C@H]1C[C@H]2OP(=O)([O-])NC[C@]2(COC(C)C)O1. The van der Waals surface area contributed by atoms with Crippen LogP contribution in [0.5, 0.6) is 0 Å². The molecule has 29 atom stereocenters. The van der Waals surface area contributed by atoms with Gasteiger partial charge in [-0.2, -0.15) is 0 Å². The van der Waals surface area contributed by atoms with E-state index in [9.17, 15) is 37.8 Å². The van der Waals surface area contributed by atoms with Crippen LogP contribution in [0.25, 0.3) is 10.4 Å². The molecule has 5 unspecified atom stereocenters. The summed E-state index contributed by atoms with van der Waals surface area (Å²) in [7, 11) is 28.3. The minimum atomic E-state index is -4.81. The van der Waals surface area contributed by atoms with E-state index in [4.69, 9.17) is 187 Å². The lowest BCUT2D eigenvalue weighted by Crippen LogP contribution is -2.57. The van der Waals surface area contributed by atoms with Crippen LogP contribution in [-0.4, -0.2) is 350 Å². The lowest BCUT2D eigenvalue weighted by atomic mass is 9.91. The fourth-order valence-corrected chi connectivity index (χ4v) is 18.0. The number of hydrogen-bond donors (Lipinski definition) is 5. The van der Waals surface area contributed by atoms with E-state index in [1.165, 1.54) is 0 Å². The fourth-order valence-electron chi connectivity index (χ4n) is 13.6. The summed E-state index contributed by atoms with van der Waals surface area (Å²) in [5.74, 6) is 0. The minimum Gasteiger partial charge on any atom is -0.766 e. The van der Waals surface area contributed by atoms with Crippen LogP contribution in [0.2, 0.25) is 0 Å². The smallest absolute Gasteiger partial charge is 0.268 e. The molecule has 8 N–H and O–H groups in total. The number of azide groups is 1. The highest BCUT2D eigenvalue weighted by Gasteiger charge is 2.55. The minimum absolute atomic E-state index is 0. The van der Waals surface area contributed by atoms with Gasteiger partial charge in [0.2, 0.25) is 15.5 Å². The van der Waals surface area contributed by atoms with E-state index in [1.807, 2.05) is 96.9 Å². The van der Waals surface area contributed by atoms with Gasteiger partial charge in [0.1, 0.15) is 122 Å². The van der Waals surface area contributed by atoms with Crippen LogP contribution in [0.4, 0.5) is 0 Å². The summed E-state index contributed by atoms with van der Waals surface area (Å²) < 4.78 is 167. The number of aliphatic hydroxyl groups excluding tert-OH is 2. The van der Waals surface area contributed by atoms with Crippen molar-refractivity contribution in [2.75, 3.05) is 72.5 Å². The van der Waals surface area contributed by atoms with E-state index in [0.29, 0.717) is 32.1 Å². The summed E-state index contributed by atoms with van der Waals surface area (Å²) in [5.41, 5.74) is 11.2. The molecule has 666 valence electrons. The molecule has 10 saturated heterocycles. The van der Waals surface area contributed by atoms with Crippen LogP contribution < -0.4 is 35.5 Å². The monoisotopic (exact) mass is 1750 g/mol. The summed E-state index contributed by atoms with van der Waals surface area (Å²) in [6.45, 7) is 29.9. The zero-order chi connectivity index (χ0) is 87.9. The Morgan fingerprint density at radius 2 is 0.890 bits per heavy atom. The highest BCUT2D eigenvalue weighted by atomic mass is 31.2. The third kappa shape index (κ3) is 36.5. The van der Waals surface area contributed by atoms with E-state index in [2.05, 4.69) is 20.2 Å². The Morgan fingerprint density at radius 1 is 0.508 bits per heavy atom. The first-order valence-electron chi connectivity index (χ1n) is 39.6. The second-order valence-electron chi connectivity index (χ2n) is 31.9. The number of nitrogens with zero attached hydrogens (tertiary/aromatic N) is 3. The molecule has 0 spiro atoms. The molecule has 10 aliphatic rings. The quantitative estimate of drug-likeness (QED) is 0.0171. The van der Waals surface area contributed by atoms with Gasteiger partial charge in [-0.15, -0.1) is 0 Å². The Morgan fingerprint density at radius 3 is 1.29 bits per heavy atom. The molecule has 10 fully saturated rings. The number of aliphatic hydroxyl groups is 2. The fraction of sp³-hybridized carbons (Fsp3) is 1.00. The Bertz CT molecular complexity index is 3130. The number of nitrogens with one attached hydrogen (secondary N) is 2. The van der Waals surface area contributed by atoms with Gasteiger partial charge in [0.15, 0.2) is 0 Å². The number of phosphoric ester groups is 2. The maximum Gasteiger partial charge on any atom is 0.268 e. The molecule has 0 aliphatic carbocycles. The van der Waals surface area contributed by atoms with Crippen LogP contribution in [0.1, 0.15) is 156 Å². The molecule has 118 heavy (non-hydrogen) atoms. The summed E-state index contributed by atoms with van der Waals surface area (Å²) in [5, 5.41) is 26.0. The van der Waals surface area contributed by atoms with Crippen molar-refractivity contribution in [3.63, 3.8) is 0 Å². The number of nitrogens with two attached hydrogens (primary N) is 1. The normalized spacial score (nSPS) is 38.9. The number of hydrogen-bond acceptors (Lipinski definition) is 34. The van der Waals surface area contributed by atoms with Crippen molar-refractivity contribution in [2.45, 2.75) is 355 Å². The first-order valence-corrected chi connectivity index (χ1v) is 45.6. The van der Waals surface area contributed by atoms with Gasteiger partial charge in [0, 0.05) is 66.0 Å². The maximum atomic E-state index is 12.6. The molecule has 16 radical (unpaired) electrons. The van der Waals surface area contributed by atoms with E-state index in [-0.39, 0.29) is 182 Å². The van der Waals surface area contributed by atoms with Gasteiger partial charge in [0.05, 0.1) is 151 Å². The molecular formula is C67H122B8N6O33P4-4. The molecule has 0 saturated carbocycles. The van der Waals surface area contributed by atoms with Crippen molar-refractivity contribution in [3.05, 3.63) is 10.4 Å². The predicted octanol–water partition coefficient (Wildman–Crippen LogP) is -0.767. The lowest BCUT2D eigenvalue weighted by molar-refractivity contribution is -0.239. The molecule has 51 heteroatoms. The molecule has 0 bridgehead atoms. The summed E-state index contributed by atoms with van der Waals surface area (Å²) in [6.07, 6.45) is -3.54. The second kappa shape index (κ2) is 50.4. The zero-order valence-electron chi connectivity index (χ0n) is 70.5. The Balaban J connectivity index is 0.000000309. The molecule has 10 heterocycles. The van der Waals surface area contributed by atoms with Gasteiger partial charge in [-0.1, -0.05) is 5.11 Å². The molecule has 0 aromatic carbocycles. The predicted molar refractivity (Wildman–Crippen MR) is 426 cm³/mol. The second-order valence-corrected chi connectivity index (χ2v) is 37.7. The molecular weight excluding hydrogens is 1630 g/mol. The van der Waals surface area contributed by atoms with Crippen molar-refractivity contribution < 1.29 is 156 Å². The van der Waals surface area contributed by atoms with Gasteiger partial charge in [-0.3, -0.25) is 23.3 Å². The highest BCUT2D eigenvalue weighted by molar-refractivity contribution is 7.49. The van der Waals surface area contributed by atoms with Crippen LogP contribution in [-0.2, 0) is 121 Å². The largest absolute Gasteiger partial charge is 0.766 e. The first kappa shape index (κ1) is 110. The van der Waals surface area contributed by atoms with E-state index in [1.54, 1.807) is 13.8 Å². The Labute approximate surface area is 705 Å². The van der Waals surface area contributed by atoms with Gasteiger partial charge in [-0.25, -0.2) is 5.09 Å².